The molecule has 0 atom stereocenters. The first-order valence-electron chi connectivity index (χ1n) is 8.85. The third-order valence-electron chi connectivity index (χ3n) is 4.10. The van der Waals surface area contributed by atoms with Crippen molar-refractivity contribution in [2.45, 2.75) is 4.90 Å². The Kier molecular flexibility index (Phi) is 6.43. The minimum Gasteiger partial charge on any atom is -0.502 e. The maximum Gasteiger partial charge on any atom is 0.261 e. The van der Waals surface area contributed by atoms with E-state index in [4.69, 9.17) is 9.47 Å². The fraction of sp³-hybridized carbons (Fsp3) is 0.0952. The van der Waals surface area contributed by atoms with Crippen molar-refractivity contribution in [3.05, 3.63) is 72.3 Å². The van der Waals surface area contributed by atoms with Crippen molar-refractivity contribution in [1.82, 2.24) is 0 Å². The van der Waals surface area contributed by atoms with Gasteiger partial charge in [0, 0.05) is 11.3 Å². The van der Waals surface area contributed by atoms with Crippen LogP contribution in [-0.2, 0) is 10.0 Å². The molecule has 0 bridgehead atoms. The molecule has 0 unspecified atom stereocenters. The highest BCUT2D eigenvalue weighted by atomic mass is 32.2. The maximum absolute atomic E-state index is 12.4. The van der Waals surface area contributed by atoms with Crippen LogP contribution in [0.4, 0.5) is 11.4 Å². The van der Waals surface area contributed by atoms with Crippen molar-refractivity contribution < 1.29 is 23.0 Å². The van der Waals surface area contributed by atoms with Gasteiger partial charge in [0.05, 0.1) is 31.0 Å². The lowest BCUT2D eigenvalue weighted by molar-refractivity contribution is 0.340. The van der Waals surface area contributed by atoms with Crippen LogP contribution in [0, 0.1) is 0 Å². The molecular weight excluding hydrogens is 406 g/mol. The van der Waals surface area contributed by atoms with Crippen molar-refractivity contribution in [2.24, 2.45) is 5.10 Å². The highest BCUT2D eigenvalue weighted by Gasteiger charge is 2.13. The largest absolute Gasteiger partial charge is 0.502 e. The van der Waals surface area contributed by atoms with E-state index in [1.807, 2.05) is 0 Å². The molecule has 0 amide bonds. The van der Waals surface area contributed by atoms with Crippen molar-refractivity contribution in [1.29, 1.82) is 0 Å². The van der Waals surface area contributed by atoms with Gasteiger partial charge in [-0.2, -0.15) is 5.10 Å². The van der Waals surface area contributed by atoms with Gasteiger partial charge in [-0.15, -0.1) is 0 Å². The van der Waals surface area contributed by atoms with E-state index in [9.17, 15) is 13.5 Å². The van der Waals surface area contributed by atoms with E-state index in [-0.39, 0.29) is 22.1 Å². The van der Waals surface area contributed by atoms with Crippen LogP contribution in [0.3, 0.4) is 0 Å². The third-order valence-corrected chi connectivity index (χ3v) is 5.50. The second kappa shape index (κ2) is 9.19. The van der Waals surface area contributed by atoms with E-state index < -0.39 is 10.0 Å². The van der Waals surface area contributed by atoms with Gasteiger partial charge in [0.15, 0.2) is 11.5 Å². The lowest BCUT2D eigenvalue weighted by Crippen LogP contribution is -2.12. The molecule has 3 aromatic rings. The number of nitrogens with zero attached hydrogens (tertiary/aromatic N) is 1. The van der Waals surface area contributed by atoms with Crippen LogP contribution in [0.1, 0.15) is 5.56 Å². The molecule has 0 heterocycles. The number of hydrazone groups is 1. The van der Waals surface area contributed by atoms with E-state index in [0.717, 1.165) is 0 Å². The van der Waals surface area contributed by atoms with Crippen molar-refractivity contribution in [3.63, 3.8) is 0 Å². The molecule has 0 saturated heterocycles. The molecule has 3 rings (SSSR count). The second-order valence-corrected chi connectivity index (χ2v) is 7.82. The smallest absolute Gasteiger partial charge is 0.261 e. The Hall–Kier alpha value is -3.72. The average molecular weight is 427 g/mol. The lowest BCUT2D eigenvalue weighted by atomic mass is 10.2. The summed E-state index contributed by atoms with van der Waals surface area (Å²) in [5.74, 6) is 0.454. The van der Waals surface area contributed by atoms with Gasteiger partial charge in [0.1, 0.15) is 0 Å². The molecule has 0 aliphatic rings. The van der Waals surface area contributed by atoms with Gasteiger partial charge in [-0.3, -0.25) is 10.1 Å². The summed E-state index contributed by atoms with van der Waals surface area (Å²) in [6, 6.07) is 18.0. The standard InChI is InChI=1S/C21H21N3O5S/c1-28-19-12-15(13-20(29-2)21(19)25)14-22-23-16-8-10-17(11-9-16)24-30(26,27)18-6-4-3-5-7-18/h3-14,23-25H,1-2H3/b22-14+. The number of sulfonamides is 1. The highest BCUT2D eigenvalue weighted by Crippen LogP contribution is 2.36. The number of anilines is 2. The number of ether oxygens (including phenoxy) is 2. The van der Waals surface area contributed by atoms with Gasteiger partial charge >= 0.3 is 0 Å². The van der Waals surface area contributed by atoms with Crippen LogP contribution in [-0.4, -0.2) is 34.0 Å². The topological polar surface area (TPSA) is 109 Å². The second-order valence-electron chi connectivity index (χ2n) is 6.14. The van der Waals surface area contributed by atoms with Gasteiger partial charge in [0.25, 0.3) is 10.0 Å². The first-order valence-corrected chi connectivity index (χ1v) is 10.3. The molecular formula is C21H21N3O5S. The molecule has 0 aliphatic heterocycles. The quantitative estimate of drug-likeness (QED) is 0.374. The molecule has 0 spiro atoms. The maximum atomic E-state index is 12.4. The number of hydrogen-bond acceptors (Lipinski definition) is 7. The zero-order valence-electron chi connectivity index (χ0n) is 16.4. The minimum atomic E-state index is -3.64. The molecule has 156 valence electrons. The summed E-state index contributed by atoms with van der Waals surface area (Å²) >= 11 is 0. The lowest BCUT2D eigenvalue weighted by Gasteiger charge is -2.09. The van der Waals surface area contributed by atoms with Crippen LogP contribution >= 0.6 is 0 Å². The molecule has 3 N–H and O–H groups in total. The van der Waals surface area contributed by atoms with E-state index in [2.05, 4.69) is 15.2 Å². The number of hydrogen-bond donors (Lipinski definition) is 3. The van der Waals surface area contributed by atoms with E-state index in [1.54, 1.807) is 54.6 Å². The fourth-order valence-corrected chi connectivity index (χ4v) is 3.68. The Bertz CT molecular complexity index is 1110. The highest BCUT2D eigenvalue weighted by molar-refractivity contribution is 7.92. The van der Waals surface area contributed by atoms with Gasteiger partial charge in [-0.25, -0.2) is 8.42 Å². The number of nitrogens with one attached hydrogen (secondary N) is 2. The number of phenols is 1. The number of rotatable bonds is 8. The monoisotopic (exact) mass is 427 g/mol. The Morgan fingerprint density at radius 3 is 2.03 bits per heavy atom. The van der Waals surface area contributed by atoms with Gasteiger partial charge in [-0.1, -0.05) is 18.2 Å². The summed E-state index contributed by atoms with van der Waals surface area (Å²) in [6.07, 6.45) is 1.54. The number of benzene rings is 3. The first kappa shape index (κ1) is 21.0. The Morgan fingerprint density at radius 2 is 1.47 bits per heavy atom. The summed E-state index contributed by atoms with van der Waals surface area (Å²) in [4.78, 5) is 0.191. The Balaban J connectivity index is 1.67. The average Bonchev–Trinajstić information content (AvgIpc) is 2.76. The van der Waals surface area contributed by atoms with Crippen LogP contribution < -0.4 is 19.6 Å². The number of methoxy groups -OCH3 is 2. The zero-order valence-corrected chi connectivity index (χ0v) is 17.2. The summed E-state index contributed by atoms with van der Waals surface area (Å²) in [6.45, 7) is 0. The first-order chi connectivity index (χ1) is 14.4. The molecule has 3 aromatic carbocycles. The summed E-state index contributed by atoms with van der Waals surface area (Å²) in [5, 5.41) is 14.1. The Labute approximate surface area is 174 Å². The van der Waals surface area contributed by atoms with Crippen LogP contribution in [0.5, 0.6) is 17.2 Å². The zero-order chi connectivity index (χ0) is 21.6. The van der Waals surface area contributed by atoms with Gasteiger partial charge < -0.3 is 14.6 Å². The Morgan fingerprint density at radius 1 is 0.900 bits per heavy atom. The summed E-state index contributed by atoms with van der Waals surface area (Å²) in [5.41, 5.74) is 4.60. The predicted octanol–water partition coefficient (Wildman–Crippen LogP) is 3.66. The molecule has 9 heteroatoms. The molecule has 0 aromatic heterocycles. The van der Waals surface area contributed by atoms with Gasteiger partial charge in [-0.05, 0) is 48.5 Å². The van der Waals surface area contributed by atoms with Crippen molar-refractivity contribution >= 4 is 27.6 Å². The predicted molar refractivity (Wildman–Crippen MR) is 116 cm³/mol. The van der Waals surface area contributed by atoms with E-state index >= 15 is 0 Å². The van der Waals surface area contributed by atoms with Crippen LogP contribution in [0.2, 0.25) is 0 Å². The normalized spacial score (nSPS) is 11.3. The number of phenolic OH excluding ortho intramolecular Hbond substituents is 1. The fourth-order valence-electron chi connectivity index (χ4n) is 2.60. The van der Waals surface area contributed by atoms with Crippen molar-refractivity contribution in [3.8, 4) is 17.2 Å². The third kappa shape index (κ3) is 5.00. The van der Waals surface area contributed by atoms with Crippen molar-refractivity contribution in [2.75, 3.05) is 24.4 Å². The van der Waals surface area contributed by atoms with Crippen LogP contribution in [0.25, 0.3) is 0 Å². The molecule has 0 saturated carbocycles. The summed E-state index contributed by atoms with van der Waals surface area (Å²) < 4.78 is 37.5. The minimum absolute atomic E-state index is 0.0846. The van der Waals surface area contributed by atoms with Crippen LogP contribution in [0.15, 0.2) is 76.7 Å². The molecule has 0 radical (unpaired) electrons. The van der Waals surface area contributed by atoms with E-state index in [1.165, 1.54) is 32.6 Å². The molecule has 8 nitrogen and oxygen atoms in total. The number of aromatic hydroxyl groups is 1. The molecule has 0 aliphatic carbocycles. The molecule has 30 heavy (non-hydrogen) atoms. The van der Waals surface area contributed by atoms with Gasteiger partial charge in [0.2, 0.25) is 5.75 Å². The SMILES string of the molecule is COc1cc(/C=N/Nc2ccc(NS(=O)(=O)c3ccccc3)cc2)cc(OC)c1O. The van der Waals surface area contributed by atoms with E-state index in [0.29, 0.717) is 16.9 Å². The summed E-state index contributed by atoms with van der Waals surface area (Å²) in [7, 11) is -0.749. The molecule has 0 fully saturated rings.